The molecule has 1 fully saturated rings. The van der Waals surface area contributed by atoms with E-state index < -0.39 is 0 Å². The highest BCUT2D eigenvalue weighted by Crippen LogP contribution is 2.43. The fourth-order valence-electron chi connectivity index (χ4n) is 2.80. The summed E-state index contributed by atoms with van der Waals surface area (Å²) in [5, 5.41) is 3.48. The Hall–Kier alpha value is -0.740. The van der Waals surface area contributed by atoms with Crippen molar-refractivity contribution in [2.45, 2.75) is 26.2 Å². The predicted octanol–water partition coefficient (Wildman–Crippen LogP) is 3.03. The van der Waals surface area contributed by atoms with Crippen LogP contribution in [0, 0.1) is 12.8 Å². The van der Waals surface area contributed by atoms with Crippen molar-refractivity contribution in [3.8, 4) is 11.5 Å². The van der Waals surface area contributed by atoms with Gasteiger partial charge in [0.2, 0.25) is 6.79 Å². The van der Waals surface area contributed by atoms with Crippen LogP contribution in [0.15, 0.2) is 10.5 Å². The standard InChI is InChI=1S/C14H18BrNO2/c1-9-5-12-14(18-8-17-12)13(15)11(9)6-10-3-2-4-16-7-10/h5,10,16H,2-4,6-8H2,1H3. The molecule has 98 valence electrons. The summed E-state index contributed by atoms with van der Waals surface area (Å²) in [7, 11) is 0. The average molecular weight is 312 g/mol. The molecule has 0 saturated carbocycles. The minimum Gasteiger partial charge on any atom is -0.454 e. The van der Waals surface area contributed by atoms with Gasteiger partial charge in [0.15, 0.2) is 11.5 Å². The molecule has 0 aliphatic carbocycles. The number of benzene rings is 1. The molecule has 2 heterocycles. The zero-order valence-electron chi connectivity index (χ0n) is 10.6. The molecule has 3 rings (SSSR count). The van der Waals surface area contributed by atoms with Gasteiger partial charge in [-0.2, -0.15) is 0 Å². The van der Waals surface area contributed by atoms with Gasteiger partial charge in [0.05, 0.1) is 4.47 Å². The summed E-state index contributed by atoms with van der Waals surface area (Å²) >= 11 is 3.68. The molecule has 0 aromatic heterocycles. The second-order valence-corrected chi connectivity index (χ2v) is 5.93. The van der Waals surface area contributed by atoms with E-state index in [0.29, 0.717) is 6.79 Å². The highest BCUT2D eigenvalue weighted by atomic mass is 79.9. The maximum atomic E-state index is 5.53. The minimum absolute atomic E-state index is 0.335. The van der Waals surface area contributed by atoms with Gasteiger partial charge in [-0.05, 0) is 78.3 Å². The lowest BCUT2D eigenvalue weighted by atomic mass is 9.90. The lowest BCUT2D eigenvalue weighted by Crippen LogP contribution is -2.31. The SMILES string of the molecule is Cc1cc2c(c(Br)c1CC1CCCNC1)OCO2. The summed E-state index contributed by atoms with van der Waals surface area (Å²) in [5.74, 6) is 2.47. The fraction of sp³-hybridized carbons (Fsp3) is 0.571. The Morgan fingerprint density at radius 2 is 2.33 bits per heavy atom. The van der Waals surface area contributed by atoms with Crippen LogP contribution in [0.25, 0.3) is 0 Å². The number of nitrogens with one attached hydrogen (secondary N) is 1. The van der Waals surface area contributed by atoms with Crippen LogP contribution >= 0.6 is 15.9 Å². The van der Waals surface area contributed by atoms with E-state index in [1.165, 1.54) is 24.0 Å². The van der Waals surface area contributed by atoms with Crippen molar-refractivity contribution in [1.82, 2.24) is 5.32 Å². The zero-order valence-corrected chi connectivity index (χ0v) is 12.2. The largest absolute Gasteiger partial charge is 0.454 e. The molecule has 2 aliphatic heterocycles. The fourth-order valence-corrected chi connectivity index (χ4v) is 3.58. The molecule has 4 heteroatoms. The monoisotopic (exact) mass is 311 g/mol. The third-order valence-electron chi connectivity index (χ3n) is 3.82. The first-order valence-electron chi connectivity index (χ1n) is 6.54. The molecular weight excluding hydrogens is 294 g/mol. The quantitative estimate of drug-likeness (QED) is 0.910. The number of hydrogen-bond acceptors (Lipinski definition) is 3. The van der Waals surface area contributed by atoms with E-state index in [4.69, 9.17) is 9.47 Å². The van der Waals surface area contributed by atoms with Crippen molar-refractivity contribution in [3.05, 3.63) is 21.7 Å². The van der Waals surface area contributed by atoms with Crippen LogP contribution in [0.5, 0.6) is 11.5 Å². The van der Waals surface area contributed by atoms with E-state index in [2.05, 4.69) is 34.2 Å². The van der Waals surface area contributed by atoms with Gasteiger partial charge < -0.3 is 14.8 Å². The lowest BCUT2D eigenvalue weighted by molar-refractivity contribution is 0.173. The Labute approximate surface area is 116 Å². The molecule has 1 unspecified atom stereocenters. The first kappa shape index (κ1) is 12.3. The van der Waals surface area contributed by atoms with Crippen molar-refractivity contribution >= 4 is 15.9 Å². The summed E-state index contributed by atoms with van der Waals surface area (Å²) in [6.07, 6.45) is 3.70. The predicted molar refractivity (Wildman–Crippen MR) is 74.3 cm³/mol. The Balaban J connectivity index is 1.87. The van der Waals surface area contributed by atoms with Crippen LogP contribution in [-0.2, 0) is 6.42 Å². The molecule has 0 radical (unpaired) electrons. The Morgan fingerprint density at radius 3 is 3.11 bits per heavy atom. The molecule has 1 saturated heterocycles. The second-order valence-electron chi connectivity index (χ2n) is 5.14. The molecule has 1 aromatic rings. The smallest absolute Gasteiger partial charge is 0.231 e. The highest BCUT2D eigenvalue weighted by Gasteiger charge is 2.23. The molecule has 0 spiro atoms. The van der Waals surface area contributed by atoms with Crippen molar-refractivity contribution in [2.24, 2.45) is 5.92 Å². The van der Waals surface area contributed by atoms with Crippen LogP contribution in [0.2, 0.25) is 0 Å². The van der Waals surface area contributed by atoms with E-state index >= 15 is 0 Å². The number of rotatable bonds is 2. The minimum atomic E-state index is 0.335. The van der Waals surface area contributed by atoms with Gasteiger partial charge in [0, 0.05) is 0 Å². The third-order valence-corrected chi connectivity index (χ3v) is 4.66. The van der Waals surface area contributed by atoms with Crippen LogP contribution in [-0.4, -0.2) is 19.9 Å². The lowest BCUT2D eigenvalue weighted by Gasteiger charge is -2.24. The van der Waals surface area contributed by atoms with Crippen LogP contribution in [0.3, 0.4) is 0 Å². The third kappa shape index (κ3) is 2.24. The van der Waals surface area contributed by atoms with Crippen molar-refractivity contribution in [3.63, 3.8) is 0 Å². The highest BCUT2D eigenvalue weighted by molar-refractivity contribution is 9.10. The van der Waals surface area contributed by atoms with Crippen molar-refractivity contribution in [1.29, 1.82) is 0 Å². The Kier molecular flexibility index (Phi) is 3.48. The normalized spacial score (nSPS) is 22.2. The molecule has 18 heavy (non-hydrogen) atoms. The van der Waals surface area contributed by atoms with E-state index in [0.717, 1.165) is 41.4 Å². The number of ether oxygens (including phenoxy) is 2. The number of hydrogen-bond donors (Lipinski definition) is 1. The first-order chi connectivity index (χ1) is 8.75. The number of halogens is 1. The van der Waals surface area contributed by atoms with Gasteiger partial charge in [0.1, 0.15) is 0 Å². The summed E-state index contributed by atoms with van der Waals surface area (Å²) in [5.41, 5.74) is 2.66. The van der Waals surface area contributed by atoms with Gasteiger partial charge in [0.25, 0.3) is 0 Å². The van der Waals surface area contributed by atoms with Gasteiger partial charge in [-0.15, -0.1) is 0 Å². The topological polar surface area (TPSA) is 30.5 Å². The van der Waals surface area contributed by atoms with E-state index in [1.54, 1.807) is 0 Å². The first-order valence-corrected chi connectivity index (χ1v) is 7.33. The second kappa shape index (κ2) is 5.10. The molecule has 2 aliphatic rings. The summed E-state index contributed by atoms with van der Waals surface area (Å²) in [6, 6.07) is 2.10. The Bertz CT molecular complexity index is 456. The maximum absolute atomic E-state index is 5.53. The van der Waals surface area contributed by atoms with Crippen LogP contribution in [0.4, 0.5) is 0 Å². The van der Waals surface area contributed by atoms with E-state index in [-0.39, 0.29) is 0 Å². The molecule has 1 aromatic carbocycles. The molecular formula is C14H18BrNO2. The number of piperidine rings is 1. The maximum Gasteiger partial charge on any atom is 0.231 e. The Morgan fingerprint density at radius 1 is 1.44 bits per heavy atom. The van der Waals surface area contributed by atoms with E-state index in [9.17, 15) is 0 Å². The van der Waals surface area contributed by atoms with Gasteiger partial charge >= 0.3 is 0 Å². The summed E-state index contributed by atoms with van der Waals surface area (Å²) in [4.78, 5) is 0. The number of aryl methyl sites for hydroxylation is 1. The zero-order chi connectivity index (χ0) is 12.5. The molecule has 0 amide bonds. The van der Waals surface area contributed by atoms with E-state index in [1.807, 2.05) is 0 Å². The van der Waals surface area contributed by atoms with Crippen molar-refractivity contribution in [2.75, 3.05) is 19.9 Å². The average Bonchev–Trinajstić information content (AvgIpc) is 2.84. The van der Waals surface area contributed by atoms with Gasteiger partial charge in [-0.3, -0.25) is 0 Å². The molecule has 3 nitrogen and oxygen atoms in total. The van der Waals surface area contributed by atoms with Crippen molar-refractivity contribution < 1.29 is 9.47 Å². The number of fused-ring (bicyclic) bond motifs is 1. The molecule has 1 atom stereocenters. The molecule has 1 N–H and O–H groups in total. The van der Waals surface area contributed by atoms with Crippen LogP contribution < -0.4 is 14.8 Å². The summed E-state index contributed by atoms with van der Waals surface area (Å²) in [6.45, 7) is 4.78. The molecule has 0 bridgehead atoms. The van der Waals surface area contributed by atoms with Crippen LogP contribution in [0.1, 0.15) is 24.0 Å². The van der Waals surface area contributed by atoms with Gasteiger partial charge in [-0.25, -0.2) is 0 Å². The van der Waals surface area contributed by atoms with Gasteiger partial charge in [-0.1, -0.05) is 0 Å². The summed E-state index contributed by atoms with van der Waals surface area (Å²) < 4.78 is 12.1.